The van der Waals surface area contributed by atoms with Crippen molar-refractivity contribution in [2.45, 2.75) is 17.7 Å². The fourth-order valence-corrected chi connectivity index (χ4v) is 8.83. The first-order valence-corrected chi connectivity index (χ1v) is 21.6. The number of ether oxygens (including phenoxy) is 1. The molecule has 0 saturated carbocycles. The van der Waals surface area contributed by atoms with E-state index < -0.39 is 17.2 Å². The number of rotatable bonds is 14. The molecule has 2 aromatic heterocycles. The summed E-state index contributed by atoms with van der Waals surface area (Å²) in [4.78, 5) is 18.4. The molecule has 0 bridgehead atoms. The van der Waals surface area contributed by atoms with Crippen LogP contribution in [0, 0.1) is 0 Å². The van der Waals surface area contributed by atoms with E-state index in [1.807, 2.05) is 120 Å². The summed E-state index contributed by atoms with van der Waals surface area (Å²) in [5, 5.41) is 16.9. The summed E-state index contributed by atoms with van der Waals surface area (Å²) in [6.45, 7) is 0.345. The number of fused-ring (bicyclic) bond motifs is 1. The molecule has 308 valence electrons. The van der Waals surface area contributed by atoms with Gasteiger partial charge in [0.05, 0.1) is 0 Å². The summed E-state index contributed by atoms with van der Waals surface area (Å²) in [5.41, 5.74) is 6.85. The molecular formula is C54H43BrN6O2. The molecule has 8 nitrogen and oxygen atoms in total. The number of alkyl carbamates (subject to hydrolysis) is 1. The number of amides is 1. The Hall–Kier alpha value is -7.62. The van der Waals surface area contributed by atoms with Crippen LogP contribution in [0.3, 0.4) is 0 Å². The lowest BCUT2D eigenvalue weighted by Gasteiger charge is -2.38. The van der Waals surface area contributed by atoms with Crippen molar-refractivity contribution in [3.63, 3.8) is 0 Å². The van der Waals surface area contributed by atoms with Gasteiger partial charge in [-0.15, -0.1) is 5.10 Å². The Morgan fingerprint density at radius 2 is 1.00 bits per heavy atom. The Bertz CT molecular complexity index is 2740. The van der Waals surface area contributed by atoms with Crippen molar-refractivity contribution in [3.05, 3.63) is 269 Å². The van der Waals surface area contributed by atoms with Crippen LogP contribution in [0.4, 0.5) is 10.6 Å². The molecule has 0 spiro atoms. The Morgan fingerprint density at radius 3 is 1.44 bits per heavy atom. The van der Waals surface area contributed by atoms with Gasteiger partial charge in [-0.3, -0.25) is 0 Å². The van der Waals surface area contributed by atoms with Crippen LogP contribution in [0.5, 0.6) is 0 Å². The number of hydrogen-bond acceptors (Lipinski definition) is 6. The number of halogens is 1. The van der Waals surface area contributed by atoms with Crippen molar-refractivity contribution in [1.82, 2.24) is 25.3 Å². The van der Waals surface area contributed by atoms with Crippen LogP contribution >= 0.6 is 15.9 Å². The number of anilines is 1. The predicted molar refractivity (Wildman–Crippen MR) is 254 cm³/mol. The zero-order chi connectivity index (χ0) is 42.9. The molecule has 9 heteroatoms. The van der Waals surface area contributed by atoms with Crippen LogP contribution in [-0.2, 0) is 22.4 Å². The van der Waals surface area contributed by atoms with Crippen LogP contribution in [0.2, 0.25) is 0 Å². The number of pyridine rings is 1. The number of benzene rings is 7. The molecule has 0 aliphatic heterocycles. The van der Waals surface area contributed by atoms with Crippen LogP contribution in [0.15, 0.2) is 224 Å². The second kappa shape index (κ2) is 18.6. The average molecular weight is 888 g/mol. The fraction of sp³-hybridized carbons (Fsp3) is 0.0741. The monoisotopic (exact) mass is 886 g/mol. The first kappa shape index (κ1) is 40.8. The molecule has 2 heterocycles. The Balaban J connectivity index is 1.26. The highest BCUT2D eigenvalue weighted by Gasteiger charge is 2.42. The van der Waals surface area contributed by atoms with E-state index in [4.69, 9.17) is 20.0 Å². The molecule has 0 radical (unpaired) electrons. The van der Waals surface area contributed by atoms with E-state index >= 15 is 0 Å². The van der Waals surface area contributed by atoms with Gasteiger partial charge in [-0.1, -0.05) is 240 Å². The number of nitrogens with zero attached hydrogens (tertiary/aromatic N) is 4. The van der Waals surface area contributed by atoms with Gasteiger partial charge in [0.25, 0.3) is 0 Å². The predicted octanol–water partition coefficient (Wildman–Crippen LogP) is 11.7. The summed E-state index contributed by atoms with van der Waals surface area (Å²) < 4.78 is 8.15. The zero-order valence-electron chi connectivity index (χ0n) is 34.3. The second-order valence-corrected chi connectivity index (χ2v) is 15.9. The average Bonchev–Trinajstić information content (AvgIpc) is 3.78. The number of aromatic nitrogens is 4. The third-order valence-electron chi connectivity index (χ3n) is 11.2. The largest absolute Gasteiger partial charge is 0.445 e. The highest BCUT2D eigenvalue weighted by atomic mass is 79.9. The van der Waals surface area contributed by atoms with Crippen LogP contribution in [0.25, 0.3) is 15.6 Å². The van der Waals surface area contributed by atoms with E-state index in [1.54, 1.807) is 0 Å². The van der Waals surface area contributed by atoms with E-state index in [0.29, 0.717) is 21.5 Å². The van der Waals surface area contributed by atoms with Gasteiger partial charge in [0, 0.05) is 16.6 Å². The molecule has 2 N–H and O–H groups in total. The van der Waals surface area contributed by atoms with Gasteiger partial charge in [-0.05, 0) is 45.0 Å². The second-order valence-electron chi connectivity index (χ2n) is 15.0. The Morgan fingerprint density at radius 1 is 0.587 bits per heavy atom. The van der Waals surface area contributed by atoms with Gasteiger partial charge in [0.15, 0.2) is 5.65 Å². The Labute approximate surface area is 375 Å². The topological polar surface area (TPSA) is 94.0 Å². The molecule has 0 aliphatic carbocycles. The van der Waals surface area contributed by atoms with E-state index in [9.17, 15) is 4.79 Å². The first-order chi connectivity index (χ1) is 31.1. The third-order valence-corrected chi connectivity index (χ3v) is 12.0. The van der Waals surface area contributed by atoms with Crippen molar-refractivity contribution in [1.29, 1.82) is 0 Å². The molecule has 1 amide bonds. The number of hydrogen-bond donors (Lipinski definition) is 2. The molecule has 9 aromatic rings. The molecule has 0 aliphatic rings. The first-order valence-electron chi connectivity index (χ1n) is 20.8. The molecule has 7 aromatic carbocycles. The van der Waals surface area contributed by atoms with E-state index in [2.05, 4.69) is 136 Å². The summed E-state index contributed by atoms with van der Waals surface area (Å²) >= 11 is 3.91. The lowest BCUT2D eigenvalue weighted by atomic mass is 9.77. The zero-order valence-corrected chi connectivity index (χ0v) is 35.8. The quantitative estimate of drug-likeness (QED) is 0.106. The van der Waals surface area contributed by atoms with Gasteiger partial charge in [-0.2, -0.15) is 0 Å². The summed E-state index contributed by atoms with van der Waals surface area (Å²) in [7, 11) is 0. The van der Waals surface area contributed by atoms with Crippen molar-refractivity contribution in [2.75, 3.05) is 11.9 Å². The van der Waals surface area contributed by atoms with Crippen molar-refractivity contribution < 1.29 is 9.53 Å². The fourth-order valence-electron chi connectivity index (χ4n) is 8.36. The van der Waals surface area contributed by atoms with Crippen molar-refractivity contribution in [3.8, 4) is 0 Å². The summed E-state index contributed by atoms with van der Waals surface area (Å²) in [6.07, 6.45) is 1.36. The summed E-state index contributed by atoms with van der Waals surface area (Å²) in [6, 6.07) is 74.0. The maximum atomic E-state index is 12.9. The minimum absolute atomic E-state index is 0.165. The Kier molecular flexibility index (Phi) is 12.0. The van der Waals surface area contributed by atoms with Gasteiger partial charge in [0.2, 0.25) is 0 Å². The molecule has 0 atom stereocenters. The highest BCUT2D eigenvalue weighted by Crippen LogP contribution is 2.44. The number of nitrogens with one attached hydrogen (secondary N) is 2. The van der Waals surface area contributed by atoms with Gasteiger partial charge in [-0.25, -0.2) is 14.5 Å². The van der Waals surface area contributed by atoms with Gasteiger partial charge < -0.3 is 15.4 Å². The highest BCUT2D eigenvalue weighted by molar-refractivity contribution is 9.15. The minimum Gasteiger partial charge on any atom is -0.445 e. The lowest BCUT2D eigenvalue weighted by molar-refractivity contribution is 0.141. The maximum Gasteiger partial charge on any atom is 0.407 e. The molecule has 0 fully saturated rings. The number of carbonyl (C=O) groups is 1. The van der Waals surface area contributed by atoms with Gasteiger partial charge >= 0.3 is 6.09 Å². The molecular weight excluding hydrogens is 845 g/mol. The molecule has 0 saturated heterocycles. The smallest absolute Gasteiger partial charge is 0.407 e. The normalized spacial score (nSPS) is 11.9. The van der Waals surface area contributed by atoms with Crippen LogP contribution in [0.1, 0.15) is 44.5 Å². The SMILES string of the molecule is O=C(NCC=C(Br)c1cc(NC(c2ccccc2)(c2ccccc2)c2ccccc2)nc2c1nnn2C(c1ccccc1)(c1ccccc1)c1ccccc1)OCc1ccccc1. The van der Waals surface area contributed by atoms with Crippen molar-refractivity contribution in [2.24, 2.45) is 0 Å². The third kappa shape index (κ3) is 8.14. The maximum absolute atomic E-state index is 12.9. The molecule has 63 heavy (non-hydrogen) atoms. The van der Waals surface area contributed by atoms with Crippen LogP contribution < -0.4 is 10.6 Å². The summed E-state index contributed by atoms with van der Waals surface area (Å²) in [5.74, 6) is 0.571. The van der Waals surface area contributed by atoms with Crippen molar-refractivity contribution >= 4 is 43.5 Å². The van der Waals surface area contributed by atoms with E-state index in [-0.39, 0.29) is 13.2 Å². The van der Waals surface area contributed by atoms with Crippen LogP contribution in [-0.4, -0.2) is 32.6 Å². The van der Waals surface area contributed by atoms with E-state index in [1.165, 1.54) is 0 Å². The number of carbonyl (C=O) groups excluding carboxylic acids is 1. The van der Waals surface area contributed by atoms with Gasteiger partial charge in [0.1, 0.15) is 29.0 Å². The standard InChI is InChI=1S/C54H43BrN6O2/c55-48(36-37-56-52(62)63-39-40-22-8-1-9-23-40)47-38-49(58-53(41-24-10-2-11-25-41,42-26-12-3-13-27-42)43-28-14-4-15-29-43)57-51-50(47)59-60-61(51)54(44-30-16-5-17-31-44,45-32-18-6-19-33-45)46-34-20-7-21-35-46/h1-36,38H,37,39H2,(H,56,62)(H,57,58). The minimum atomic E-state index is -1.00. The molecule has 9 rings (SSSR count). The van der Waals surface area contributed by atoms with E-state index in [0.717, 1.165) is 44.5 Å². The lowest BCUT2D eigenvalue weighted by Crippen LogP contribution is -2.39. The molecule has 0 unspecified atom stereocenters.